The summed E-state index contributed by atoms with van der Waals surface area (Å²) in [6.07, 6.45) is 6.58. The van der Waals surface area contributed by atoms with Gasteiger partial charge in [0.2, 0.25) is 11.6 Å². The van der Waals surface area contributed by atoms with Crippen LogP contribution in [0, 0.1) is 11.3 Å². The topological polar surface area (TPSA) is 87.9 Å². The molecule has 0 spiro atoms. The molecule has 0 saturated heterocycles. The number of nitrogens with zero attached hydrogens (tertiary/aromatic N) is 3. The number of benzene rings is 1. The first kappa shape index (κ1) is 18.2. The van der Waals surface area contributed by atoms with Crippen molar-refractivity contribution in [3.8, 4) is 11.9 Å². The van der Waals surface area contributed by atoms with Gasteiger partial charge in [0.1, 0.15) is 12.2 Å². The summed E-state index contributed by atoms with van der Waals surface area (Å²) >= 11 is 5.86. The van der Waals surface area contributed by atoms with Crippen molar-refractivity contribution in [2.75, 3.05) is 0 Å². The second-order valence-corrected chi connectivity index (χ2v) is 6.72. The molecule has 134 valence electrons. The van der Waals surface area contributed by atoms with Crippen LogP contribution in [0.25, 0.3) is 0 Å². The lowest BCUT2D eigenvalue weighted by atomic mass is 9.92. The van der Waals surface area contributed by atoms with Gasteiger partial charge in [-0.1, -0.05) is 23.7 Å². The molecule has 0 atom stereocenters. The third-order valence-electron chi connectivity index (χ3n) is 4.37. The van der Waals surface area contributed by atoms with Crippen LogP contribution in [0.1, 0.15) is 36.9 Å². The predicted molar refractivity (Wildman–Crippen MR) is 96.7 cm³/mol. The molecular formula is C19H19ClN4O2. The molecule has 1 N–H and O–H groups in total. The number of aromatic nitrogens is 2. The molecule has 0 radical (unpaired) electrons. The van der Waals surface area contributed by atoms with Crippen molar-refractivity contribution in [1.29, 1.82) is 5.26 Å². The van der Waals surface area contributed by atoms with Crippen molar-refractivity contribution in [2.45, 2.75) is 44.2 Å². The second kappa shape index (κ2) is 8.63. The summed E-state index contributed by atoms with van der Waals surface area (Å²) < 4.78 is 5.82. The fourth-order valence-electron chi connectivity index (χ4n) is 3.04. The van der Waals surface area contributed by atoms with Gasteiger partial charge in [0, 0.05) is 23.5 Å². The summed E-state index contributed by atoms with van der Waals surface area (Å²) in [7, 11) is 0. The summed E-state index contributed by atoms with van der Waals surface area (Å²) in [5.74, 6) is 0.294. The van der Waals surface area contributed by atoms with E-state index in [4.69, 9.17) is 21.6 Å². The normalized spacial score (nSPS) is 19.4. The minimum absolute atomic E-state index is 0.0109. The molecule has 26 heavy (non-hydrogen) atoms. The molecule has 1 heterocycles. The van der Waals surface area contributed by atoms with Gasteiger partial charge in [-0.25, -0.2) is 9.97 Å². The van der Waals surface area contributed by atoms with Gasteiger partial charge in [0.25, 0.3) is 5.88 Å². The molecule has 0 aliphatic heterocycles. The molecule has 0 unspecified atom stereocenters. The van der Waals surface area contributed by atoms with Gasteiger partial charge in [-0.2, -0.15) is 5.26 Å². The van der Waals surface area contributed by atoms with Crippen LogP contribution in [-0.4, -0.2) is 28.0 Å². The molecule has 1 aliphatic carbocycles. The number of hydrogen-bond donors (Lipinski definition) is 1. The SMILES string of the molecule is N#Cc1nccnc1OC1CCC(NC(=O)Cc2ccc(Cl)cc2)CC1. The first-order valence-electron chi connectivity index (χ1n) is 8.55. The molecule has 6 nitrogen and oxygen atoms in total. The van der Waals surface area contributed by atoms with E-state index in [0.29, 0.717) is 11.4 Å². The molecular weight excluding hydrogens is 352 g/mol. The molecule has 1 aromatic carbocycles. The van der Waals surface area contributed by atoms with E-state index >= 15 is 0 Å². The Morgan fingerprint density at radius 3 is 2.58 bits per heavy atom. The largest absolute Gasteiger partial charge is 0.472 e. The van der Waals surface area contributed by atoms with Gasteiger partial charge in [-0.3, -0.25) is 4.79 Å². The molecule has 0 bridgehead atoms. The van der Waals surface area contributed by atoms with Crippen molar-refractivity contribution in [3.63, 3.8) is 0 Å². The molecule has 2 aromatic rings. The fraction of sp³-hybridized carbons (Fsp3) is 0.368. The average Bonchev–Trinajstić information content (AvgIpc) is 2.65. The first-order chi connectivity index (χ1) is 12.6. The maximum absolute atomic E-state index is 12.2. The quantitative estimate of drug-likeness (QED) is 0.873. The van der Waals surface area contributed by atoms with Gasteiger partial charge in [0.15, 0.2) is 0 Å². The van der Waals surface area contributed by atoms with E-state index in [-0.39, 0.29) is 29.6 Å². The van der Waals surface area contributed by atoms with Gasteiger partial charge in [-0.05, 0) is 43.4 Å². The standard InChI is InChI=1S/C19H19ClN4O2/c20-14-3-1-13(2-4-14)11-18(25)24-15-5-7-16(8-6-15)26-19-17(12-21)22-9-10-23-19/h1-4,9-10,15-16H,5-8,11H2,(H,24,25). The summed E-state index contributed by atoms with van der Waals surface area (Å²) in [5, 5.41) is 12.8. The summed E-state index contributed by atoms with van der Waals surface area (Å²) in [6, 6.07) is 9.42. The van der Waals surface area contributed by atoms with Crippen LogP contribution >= 0.6 is 11.6 Å². The van der Waals surface area contributed by atoms with Crippen LogP contribution in [0.4, 0.5) is 0 Å². The van der Waals surface area contributed by atoms with Crippen LogP contribution in [0.2, 0.25) is 5.02 Å². The smallest absolute Gasteiger partial charge is 0.251 e. The van der Waals surface area contributed by atoms with Gasteiger partial charge >= 0.3 is 0 Å². The van der Waals surface area contributed by atoms with Crippen LogP contribution in [0.15, 0.2) is 36.7 Å². The van der Waals surface area contributed by atoms with Crippen molar-refractivity contribution in [2.24, 2.45) is 0 Å². The molecule has 1 fully saturated rings. The first-order valence-corrected chi connectivity index (χ1v) is 8.93. The maximum atomic E-state index is 12.2. The highest BCUT2D eigenvalue weighted by Crippen LogP contribution is 2.24. The Morgan fingerprint density at radius 2 is 1.88 bits per heavy atom. The van der Waals surface area contributed by atoms with Gasteiger partial charge < -0.3 is 10.1 Å². The van der Waals surface area contributed by atoms with Crippen molar-refractivity contribution in [1.82, 2.24) is 15.3 Å². The Bertz CT molecular complexity index is 796. The minimum atomic E-state index is -0.0109. The number of hydrogen-bond acceptors (Lipinski definition) is 5. The lowest BCUT2D eigenvalue weighted by Gasteiger charge is -2.29. The van der Waals surface area contributed by atoms with Gasteiger partial charge in [0.05, 0.1) is 6.42 Å². The van der Waals surface area contributed by atoms with Crippen LogP contribution in [0.3, 0.4) is 0 Å². The monoisotopic (exact) mass is 370 g/mol. The zero-order valence-corrected chi connectivity index (χ0v) is 14.9. The summed E-state index contributed by atoms with van der Waals surface area (Å²) in [4.78, 5) is 20.2. The molecule has 1 aliphatic rings. The number of rotatable bonds is 5. The van der Waals surface area contributed by atoms with E-state index in [2.05, 4.69) is 15.3 Å². The second-order valence-electron chi connectivity index (χ2n) is 6.28. The predicted octanol–water partition coefficient (Wildman–Crippen LogP) is 3.05. The van der Waals surface area contributed by atoms with Crippen LogP contribution < -0.4 is 10.1 Å². The third-order valence-corrected chi connectivity index (χ3v) is 4.62. The highest BCUT2D eigenvalue weighted by atomic mass is 35.5. The van der Waals surface area contributed by atoms with E-state index in [9.17, 15) is 4.79 Å². The Labute approximate surface area is 157 Å². The van der Waals surface area contributed by atoms with Gasteiger partial charge in [-0.15, -0.1) is 0 Å². The number of carbonyl (C=O) groups excluding carboxylic acids is 1. The Morgan fingerprint density at radius 1 is 1.19 bits per heavy atom. The Balaban J connectivity index is 1.45. The number of halogens is 1. The average molecular weight is 371 g/mol. The Kier molecular flexibility index (Phi) is 6.03. The highest BCUT2D eigenvalue weighted by Gasteiger charge is 2.24. The van der Waals surface area contributed by atoms with E-state index < -0.39 is 0 Å². The lowest BCUT2D eigenvalue weighted by molar-refractivity contribution is -0.121. The Hall–Kier alpha value is -2.65. The highest BCUT2D eigenvalue weighted by molar-refractivity contribution is 6.30. The van der Waals surface area contributed by atoms with E-state index in [0.717, 1.165) is 31.2 Å². The number of amides is 1. The number of nitriles is 1. The maximum Gasteiger partial charge on any atom is 0.251 e. The van der Waals surface area contributed by atoms with Crippen LogP contribution in [0.5, 0.6) is 5.88 Å². The zero-order chi connectivity index (χ0) is 18.4. The van der Waals surface area contributed by atoms with E-state index in [1.165, 1.54) is 12.4 Å². The van der Waals surface area contributed by atoms with Crippen molar-refractivity contribution < 1.29 is 9.53 Å². The van der Waals surface area contributed by atoms with Crippen molar-refractivity contribution >= 4 is 17.5 Å². The summed E-state index contributed by atoms with van der Waals surface area (Å²) in [6.45, 7) is 0. The molecule has 1 amide bonds. The van der Waals surface area contributed by atoms with E-state index in [1.54, 1.807) is 12.1 Å². The number of carbonyl (C=O) groups is 1. The van der Waals surface area contributed by atoms with Crippen molar-refractivity contribution in [3.05, 3.63) is 52.9 Å². The molecule has 1 aromatic heterocycles. The summed E-state index contributed by atoms with van der Waals surface area (Å²) in [5.41, 5.74) is 1.14. The number of ether oxygens (including phenoxy) is 1. The third kappa shape index (κ3) is 4.93. The number of nitrogens with one attached hydrogen (secondary N) is 1. The molecule has 3 rings (SSSR count). The fourth-order valence-corrected chi connectivity index (χ4v) is 3.16. The van der Waals surface area contributed by atoms with E-state index in [1.807, 2.05) is 18.2 Å². The minimum Gasteiger partial charge on any atom is -0.472 e. The van der Waals surface area contributed by atoms with Crippen LogP contribution in [-0.2, 0) is 11.2 Å². The molecule has 7 heteroatoms. The molecule has 1 saturated carbocycles. The lowest BCUT2D eigenvalue weighted by Crippen LogP contribution is -2.40. The zero-order valence-electron chi connectivity index (χ0n) is 14.2.